The normalized spacial score (nSPS) is 11.9. The van der Waals surface area contributed by atoms with Crippen LogP contribution in [0.3, 0.4) is 0 Å². The number of fused-ring (bicyclic) bond motifs is 1. The Morgan fingerprint density at radius 1 is 1.07 bits per heavy atom. The van der Waals surface area contributed by atoms with Gasteiger partial charge in [-0.2, -0.15) is 0 Å². The van der Waals surface area contributed by atoms with Gasteiger partial charge in [0.05, 0.1) is 5.92 Å². The van der Waals surface area contributed by atoms with Gasteiger partial charge in [0.25, 0.3) is 5.91 Å². The highest BCUT2D eigenvalue weighted by atomic mass is 32.2. The van der Waals surface area contributed by atoms with E-state index >= 15 is 0 Å². The fraction of sp³-hybridized carbons (Fsp3) is 0.0870. The minimum atomic E-state index is -0.591. The molecule has 4 N–H and O–H groups in total. The maximum atomic E-state index is 12.8. The number of pyridine rings is 1. The average molecular weight is 417 g/mol. The number of aromatic nitrogens is 2. The Morgan fingerprint density at radius 2 is 1.90 bits per heavy atom. The second-order valence-corrected chi connectivity index (χ2v) is 7.85. The number of nitrogens with zero attached hydrogens (tertiary/aromatic N) is 1. The van der Waals surface area contributed by atoms with Crippen LogP contribution in [0, 0.1) is 0 Å². The van der Waals surface area contributed by atoms with E-state index in [1.807, 2.05) is 48.7 Å². The van der Waals surface area contributed by atoms with Gasteiger partial charge in [-0.1, -0.05) is 24.3 Å². The Kier molecular flexibility index (Phi) is 5.81. The molecule has 2 aromatic heterocycles. The van der Waals surface area contributed by atoms with Gasteiger partial charge < -0.3 is 16.0 Å². The molecule has 0 saturated heterocycles. The highest BCUT2D eigenvalue weighted by molar-refractivity contribution is 7.99. The molecule has 150 valence electrons. The van der Waals surface area contributed by atoms with Crippen molar-refractivity contribution in [2.24, 2.45) is 5.73 Å². The third-order valence-electron chi connectivity index (χ3n) is 4.77. The van der Waals surface area contributed by atoms with Crippen molar-refractivity contribution in [1.29, 1.82) is 0 Å². The molecule has 1 atom stereocenters. The molecule has 0 aliphatic heterocycles. The van der Waals surface area contributed by atoms with E-state index in [2.05, 4.69) is 15.3 Å². The number of H-pyrrole nitrogens is 1. The van der Waals surface area contributed by atoms with E-state index in [-0.39, 0.29) is 5.91 Å². The van der Waals surface area contributed by atoms with Crippen LogP contribution in [0.25, 0.3) is 10.9 Å². The SMILES string of the molecule is NC(=O)C(CSc1ccccc1)c1cccnc1NC(=O)c1ccc2[nH]ccc2c1. The molecule has 4 aromatic rings. The van der Waals surface area contributed by atoms with E-state index in [0.29, 0.717) is 22.7 Å². The number of rotatable bonds is 7. The molecule has 2 heterocycles. The molecule has 0 saturated carbocycles. The summed E-state index contributed by atoms with van der Waals surface area (Å²) in [6.07, 6.45) is 3.40. The Bertz CT molecular complexity index is 1190. The summed E-state index contributed by atoms with van der Waals surface area (Å²) < 4.78 is 0. The maximum absolute atomic E-state index is 12.8. The molecule has 0 fully saturated rings. The summed E-state index contributed by atoms with van der Waals surface area (Å²) in [7, 11) is 0. The molecule has 0 spiro atoms. The number of amides is 2. The molecule has 0 aliphatic rings. The summed E-state index contributed by atoms with van der Waals surface area (Å²) in [5.41, 5.74) is 7.76. The standard InChI is InChI=1S/C23H20N4O2S/c24-21(28)19(14-30-17-5-2-1-3-6-17)18-7-4-11-26-22(18)27-23(29)16-8-9-20-15(13-16)10-12-25-20/h1-13,19,25H,14H2,(H2,24,28)(H,26,27,29). The van der Waals surface area contributed by atoms with Gasteiger partial charge in [0.2, 0.25) is 5.91 Å². The quantitative estimate of drug-likeness (QED) is 0.394. The number of hydrogen-bond donors (Lipinski definition) is 3. The van der Waals surface area contributed by atoms with Crippen LogP contribution < -0.4 is 11.1 Å². The van der Waals surface area contributed by atoms with Crippen molar-refractivity contribution in [3.63, 3.8) is 0 Å². The minimum Gasteiger partial charge on any atom is -0.369 e. The van der Waals surface area contributed by atoms with E-state index in [9.17, 15) is 9.59 Å². The predicted octanol–water partition coefficient (Wildman–Crippen LogP) is 4.18. The lowest BCUT2D eigenvalue weighted by molar-refractivity contribution is -0.118. The average Bonchev–Trinajstić information content (AvgIpc) is 3.23. The third kappa shape index (κ3) is 4.36. The summed E-state index contributed by atoms with van der Waals surface area (Å²) >= 11 is 1.53. The third-order valence-corrected chi connectivity index (χ3v) is 5.87. The molecule has 0 radical (unpaired) electrons. The van der Waals surface area contributed by atoms with Gasteiger partial charge in [-0.25, -0.2) is 4.98 Å². The first-order valence-corrected chi connectivity index (χ1v) is 10.4. The number of carbonyl (C=O) groups is 2. The monoisotopic (exact) mass is 416 g/mol. The molecule has 4 rings (SSSR count). The number of aromatic amines is 1. The van der Waals surface area contributed by atoms with E-state index in [0.717, 1.165) is 15.8 Å². The molecule has 1 unspecified atom stereocenters. The van der Waals surface area contributed by atoms with Gasteiger partial charge in [-0.15, -0.1) is 11.8 Å². The van der Waals surface area contributed by atoms with E-state index < -0.39 is 11.8 Å². The number of hydrogen-bond acceptors (Lipinski definition) is 4. The molecule has 0 bridgehead atoms. The van der Waals surface area contributed by atoms with Crippen molar-refractivity contribution in [3.8, 4) is 0 Å². The number of primary amides is 1. The second kappa shape index (κ2) is 8.84. The Labute approximate surface area is 177 Å². The van der Waals surface area contributed by atoms with Crippen molar-refractivity contribution in [2.75, 3.05) is 11.1 Å². The summed E-state index contributed by atoms with van der Waals surface area (Å²) in [6, 6.07) is 20.6. The zero-order valence-electron chi connectivity index (χ0n) is 16.0. The fourth-order valence-corrected chi connectivity index (χ4v) is 4.25. The van der Waals surface area contributed by atoms with Gasteiger partial charge in [0.15, 0.2) is 0 Å². The lowest BCUT2D eigenvalue weighted by Gasteiger charge is -2.17. The van der Waals surface area contributed by atoms with E-state index in [1.165, 1.54) is 11.8 Å². The van der Waals surface area contributed by atoms with Crippen LogP contribution in [0.15, 0.2) is 84.0 Å². The molecule has 7 heteroatoms. The number of nitrogens with two attached hydrogens (primary N) is 1. The van der Waals surface area contributed by atoms with E-state index in [4.69, 9.17) is 5.73 Å². The van der Waals surface area contributed by atoms with Gasteiger partial charge in [0, 0.05) is 45.1 Å². The number of carbonyl (C=O) groups excluding carboxylic acids is 2. The largest absolute Gasteiger partial charge is 0.369 e. The molecular weight excluding hydrogens is 396 g/mol. The van der Waals surface area contributed by atoms with Gasteiger partial charge in [0.1, 0.15) is 5.82 Å². The number of thioether (sulfide) groups is 1. The Balaban J connectivity index is 1.56. The van der Waals surface area contributed by atoms with Crippen LogP contribution in [-0.4, -0.2) is 27.5 Å². The number of benzene rings is 2. The van der Waals surface area contributed by atoms with Gasteiger partial charge >= 0.3 is 0 Å². The number of nitrogens with one attached hydrogen (secondary N) is 2. The van der Waals surface area contributed by atoms with Gasteiger partial charge in [-0.05, 0) is 42.5 Å². The highest BCUT2D eigenvalue weighted by Crippen LogP contribution is 2.29. The second-order valence-electron chi connectivity index (χ2n) is 6.75. The van der Waals surface area contributed by atoms with Crippen LogP contribution in [0.2, 0.25) is 0 Å². The van der Waals surface area contributed by atoms with Gasteiger partial charge in [-0.3, -0.25) is 9.59 Å². The first-order valence-electron chi connectivity index (χ1n) is 9.42. The van der Waals surface area contributed by atoms with Crippen molar-refractivity contribution < 1.29 is 9.59 Å². The smallest absolute Gasteiger partial charge is 0.256 e. The topological polar surface area (TPSA) is 101 Å². The van der Waals surface area contributed by atoms with Crippen molar-refractivity contribution in [3.05, 3.63) is 90.3 Å². The predicted molar refractivity (Wildman–Crippen MR) is 120 cm³/mol. The summed E-state index contributed by atoms with van der Waals surface area (Å²) in [4.78, 5) is 33.5. The Morgan fingerprint density at radius 3 is 2.70 bits per heavy atom. The van der Waals surface area contributed by atoms with Crippen LogP contribution in [0.4, 0.5) is 5.82 Å². The summed E-state index contributed by atoms with van der Waals surface area (Å²) in [5, 5.41) is 3.78. The van der Waals surface area contributed by atoms with Crippen molar-refractivity contribution in [1.82, 2.24) is 9.97 Å². The zero-order valence-corrected chi connectivity index (χ0v) is 16.9. The van der Waals surface area contributed by atoms with Crippen molar-refractivity contribution >= 4 is 40.3 Å². The highest BCUT2D eigenvalue weighted by Gasteiger charge is 2.23. The maximum Gasteiger partial charge on any atom is 0.256 e. The van der Waals surface area contributed by atoms with E-state index in [1.54, 1.807) is 30.5 Å². The molecule has 2 aromatic carbocycles. The van der Waals surface area contributed by atoms with Crippen LogP contribution in [0.5, 0.6) is 0 Å². The zero-order chi connectivity index (χ0) is 20.9. The summed E-state index contributed by atoms with van der Waals surface area (Å²) in [6.45, 7) is 0. The number of anilines is 1. The lowest BCUT2D eigenvalue weighted by Crippen LogP contribution is -2.25. The lowest BCUT2D eigenvalue weighted by atomic mass is 10.0. The first-order chi connectivity index (χ1) is 14.6. The van der Waals surface area contributed by atoms with Crippen LogP contribution in [0.1, 0.15) is 21.8 Å². The first kappa shape index (κ1) is 19.7. The molecule has 6 nitrogen and oxygen atoms in total. The molecule has 30 heavy (non-hydrogen) atoms. The van der Waals surface area contributed by atoms with Crippen molar-refractivity contribution in [2.45, 2.75) is 10.8 Å². The van der Waals surface area contributed by atoms with Crippen LogP contribution >= 0.6 is 11.8 Å². The summed E-state index contributed by atoms with van der Waals surface area (Å²) in [5.74, 6) is -0.559. The molecular formula is C23H20N4O2S. The molecule has 0 aliphatic carbocycles. The minimum absolute atomic E-state index is 0.294. The fourth-order valence-electron chi connectivity index (χ4n) is 3.20. The van der Waals surface area contributed by atoms with Crippen LogP contribution in [-0.2, 0) is 4.79 Å². The molecule has 2 amide bonds. The Hall–Kier alpha value is -3.58.